The van der Waals surface area contributed by atoms with E-state index in [1.54, 1.807) is 0 Å². The van der Waals surface area contributed by atoms with E-state index < -0.39 is 10.0 Å². The smallest absolute Gasteiger partial charge is 0.243 e. The van der Waals surface area contributed by atoms with Crippen LogP contribution in [0.2, 0.25) is 5.02 Å². The summed E-state index contributed by atoms with van der Waals surface area (Å²) in [6, 6.07) is 4.25. The van der Waals surface area contributed by atoms with Gasteiger partial charge in [-0.1, -0.05) is 11.6 Å². The van der Waals surface area contributed by atoms with Gasteiger partial charge in [0.25, 0.3) is 0 Å². The highest BCUT2D eigenvalue weighted by molar-refractivity contribution is 7.89. The minimum atomic E-state index is -3.61. The monoisotopic (exact) mass is 290 g/mol. The first-order valence-corrected chi connectivity index (χ1v) is 7.46. The van der Waals surface area contributed by atoms with Crippen molar-refractivity contribution in [2.24, 2.45) is 0 Å². The molecule has 100 valence electrons. The SMILES string of the molecule is Nc1ccc(S(=O)(=O)N(CCO)C2CC2)cc1Cl. The lowest BCUT2D eigenvalue weighted by molar-refractivity contribution is 0.250. The molecule has 3 N–H and O–H groups in total. The third kappa shape index (κ3) is 2.61. The Morgan fingerprint density at radius 2 is 2.11 bits per heavy atom. The number of hydrogen-bond donors (Lipinski definition) is 2. The predicted octanol–water partition coefficient (Wildman–Crippen LogP) is 1.07. The van der Waals surface area contributed by atoms with Gasteiger partial charge in [0.1, 0.15) is 0 Å². The molecule has 1 aliphatic carbocycles. The maximum atomic E-state index is 12.4. The minimum absolute atomic E-state index is 0.00141. The number of benzene rings is 1. The fourth-order valence-corrected chi connectivity index (χ4v) is 3.71. The van der Waals surface area contributed by atoms with Gasteiger partial charge >= 0.3 is 0 Å². The molecule has 0 atom stereocenters. The van der Waals surface area contributed by atoms with Crippen LogP contribution in [-0.2, 0) is 10.0 Å². The van der Waals surface area contributed by atoms with Crippen LogP contribution in [0.1, 0.15) is 12.8 Å². The minimum Gasteiger partial charge on any atom is -0.398 e. The van der Waals surface area contributed by atoms with Gasteiger partial charge in [-0.3, -0.25) is 0 Å². The van der Waals surface area contributed by atoms with Gasteiger partial charge in [0, 0.05) is 12.6 Å². The van der Waals surface area contributed by atoms with Crippen molar-refractivity contribution >= 4 is 27.3 Å². The maximum Gasteiger partial charge on any atom is 0.243 e. The van der Waals surface area contributed by atoms with Crippen molar-refractivity contribution in [3.05, 3.63) is 23.2 Å². The van der Waals surface area contributed by atoms with Gasteiger partial charge < -0.3 is 10.8 Å². The molecule has 1 fully saturated rings. The fraction of sp³-hybridized carbons (Fsp3) is 0.455. The summed E-state index contributed by atoms with van der Waals surface area (Å²) in [5, 5.41) is 9.19. The molecule has 0 unspecified atom stereocenters. The Balaban J connectivity index is 2.36. The molecule has 2 rings (SSSR count). The molecular weight excluding hydrogens is 276 g/mol. The largest absolute Gasteiger partial charge is 0.398 e. The van der Waals surface area contributed by atoms with Crippen molar-refractivity contribution in [2.75, 3.05) is 18.9 Å². The first-order chi connectivity index (χ1) is 8.46. The van der Waals surface area contributed by atoms with Crippen molar-refractivity contribution in [2.45, 2.75) is 23.8 Å². The number of halogens is 1. The van der Waals surface area contributed by atoms with E-state index in [1.165, 1.54) is 22.5 Å². The summed E-state index contributed by atoms with van der Waals surface area (Å²) in [6.45, 7) is -0.0899. The highest BCUT2D eigenvalue weighted by Crippen LogP contribution is 2.33. The standard InChI is InChI=1S/C11H15ClN2O3S/c12-10-7-9(3-4-11(10)13)18(16,17)14(5-6-15)8-1-2-8/h3-4,7-8,15H,1-2,5-6,13H2. The van der Waals surface area contributed by atoms with Gasteiger partial charge in [-0.25, -0.2) is 8.42 Å². The van der Waals surface area contributed by atoms with Crippen LogP contribution in [0, 0.1) is 0 Å². The zero-order chi connectivity index (χ0) is 13.3. The zero-order valence-electron chi connectivity index (χ0n) is 9.71. The molecule has 5 nitrogen and oxygen atoms in total. The molecule has 1 aromatic carbocycles. The van der Waals surface area contributed by atoms with Crippen molar-refractivity contribution in [3.63, 3.8) is 0 Å². The molecule has 1 aromatic rings. The quantitative estimate of drug-likeness (QED) is 0.795. The molecule has 1 aliphatic rings. The van der Waals surface area contributed by atoms with E-state index in [0.717, 1.165) is 12.8 Å². The van der Waals surface area contributed by atoms with E-state index in [0.29, 0.717) is 5.69 Å². The molecule has 0 saturated heterocycles. The van der Waals surface area contributed by atoms with Gasteiger partial charge in [0.15, 0.2) is 0 Å². The third-order valence-electron chi connectivity index (χ3n) is 2.85. The summed E-state index contributed by atoms with van der Waals surface area (Å²) in [6.07, 6.45) is 1.67. The molecule has 0 aliphatic heterocycles. The topological polar surface area (TPSA) is 83.6 Å². The summed E-state index contributed by atoms with van der Waals surface area (Å²) in [7, 11) is -3.61. The molecular formula is C11H15ClN2O3S. The summed E-state index contributed by atoms with van der Waals surface area (Å²) in [4.78, 5) is 0.113. The molecule has 7 heteroatoms. The molecule has 0 radical (unpaired) electrons. The Hall–Kier alpha value is -0.820. The van der Waals surface area contributed by atoms with Crippen LogP contribution in [0.15, 0.2) is 23.1 Å². The maximum absolute atomic E-state index is 12.4. The second kappa shape index (κ2) is 5.05. The second-order valence-corrected chi connectivity index (χ2v) is 6.55. The Morgan fingerprint density at radius 3 is 2.61 bits per heavy atom. The Bertz CT molecular complexity index is 543. The number of aliphatic hydroxyl groups is 1. The van der Waals surface area contributed by atoms with Crippen LogP contribution >= 0.6 is 11.6 Å². The highest BCUT2D eigenvalue weighted by Gasteiger charge is 2.37. The number of anilines is 1. The van der Waals surface area contributed by atoms with Crippen LogP contribution in [0.5, 0.6) is 0 Å². The lowest BCUT2D eigenvalue weighted by Gasteiger charge is -2.21. The number of nitrogens with two attached hydrogens (primary N) is 1. The number of nitrogens with zero attached hydrogens (tertiary/aromatic N) is 1. The number of rotatable bonds is 5. The van der Waals surface area contributed by atoms with Crippen LogP contribution < -0.4 is 5.73 Å². The van der Waals surface area contributed by atoms with Gasteiger partial charge in [-0.2, -0.15) is 4.31 Å². The molecule has 1 saturated carbocycles. The highest BCUT2D eigenvalue weighted by atomic mass is 35.5. The van der Waals surface area contributed by atoms with Crippen LogP contribution in [0.4, 0.5) is 5.69 Å². The van der Waals surface area contributed by atoms with Gasteiger partial charge in [-0.15, -0.1) is 0 Å². The Kier molecular flexibility index (Phi) is 3.82. The van der Waals surface area contributed by atoms with E-state index in [1.807, 2.05) is 0 Å². The second-order valence-electron chi connectivity index (χ2n) is 4.25. The van der Waals surface area contributed by atoms with Crippen molar-refractivity contribution in [1.29, 1.82) is 0 Å². The molecule has 0 heterocycles. The zero-order valence-corrected chi connectivity index (χ0v) is 11.3. The molecule has 0 amide bonds. The molecule has 0 spiro atoms. The first-order valence-electron chi connectivity index (χ1n) is 5.64. The van der Waals surface area contributed by atoms with E-state index in [2.05, 4.69) is 0 Å². The predicted molar refractivity (Wildman–Crippen MR) is 69.9 cm³/mol. The van der Waals surface area contributed by atoms with Crippen LogP contribution in [-0.4, -0.2) is 37.0 Å². The van der Waals surface area contributed by atoms with Gasteiger partial charge in [0.05, 0.1) is 22.2 Å². The number of hydrogen-bond acceptors (Lipinski definition) is 4. The van der Waals surface area contributed by atoms with Gasteiger partial charge in [0.2, 0.25) is 10.0 Å². The van der Waals surface area contributed by atoms with Crippen molar-refractivity contribution < 1.29 is 13.5 Å². The van der Waals surface area contributed by atoms with E-state index >= 15 is 0 Å². The number of sulfonamides is 1. The molecule has 0 bridgehead atoms. The summed E-state index contributed by atoms with van der Waals surface area (Å²) in [5.74, 6) is 0. The lowest BCUT2D eigenvalue weighted by Crippen LogP contribution is -2.35. The first kappa shape index (κ1) is 13.6. The number of aliphatic hydroxyl groups excluding tert-OH is 1. The van der Waals surface area contributed by atoms with Crippen LogP contribution in [0.25, 0.3) is 0 Å². The van der Waals surface area contributed by atoms with E-state index in [-0.39, 0.29) is 29.1 Å². The van der Waals surface area contributed by atoms with Crippen molar-refractivity contribution in [3.8, 4) is 0 Å². The lowest BCUT2D eigenvalue weighted by atomic mass is 10.3. The summed E-state index contributed by atoms with van der Waals surface area (Å²) in [5.41, 5.74) is 5.90. The van der Waals surface area contributed by atoms with E-state index in [9.17, 15) is 8.42 Å². The third-order valence-corrected chi connectivity index (χ3v) is 5.13. The average molecular weight is 291 g/mol. The Labute approximate surface area is 111 Å². The van der Waals surface area contributed by atoms with Gasteiger partial charge in [-0.05, 0) is 31.0 Å². The fourth-order valence-electron chi connectivity index (χ4n) is 1.76. The average Bonchev–Trinajstić information content (AvgIpc) is 3.13. The summed E-state index contributed by atoms with van der Waals surface area (Å²) < 4.78 is 26.1. The summed E-state index contributed by atoms with van der Waals surface area (Å²) >= 11 is 5.84. The Morgan fingerprint density at radius 1 is 1.44 bits per heavy atom. The molecule has 18 heavy (non-hydrogen) atoms. The molecule has 0 aromatic heterocycles. The number of nitrogen functional groups attached to an aromatic ring is 1. The normalized spacial score (nSPS) is 16.2. The van der Waals surface area contributed by atoms with Crippen molar-refractivity contribution in [1.82, 2.24) is 4.31 Å². The van der Waals surface area contributed by atoms with E-state index in [4.69, 9.17) is 22.4 Å². The van der Waals surface area contributed by atoms with Crippen LogP contribution in [0.3, 0.4) is 0 Å².